The van der Waals surface area contributed by atoms with E-state index in [4.69, 9.17) is 11.6 Å². The quantitative estimate of drug-likeness (QED) is 0.879. The maximum Gasteiger partial charge on any atom is 0.209 e. The Morgan fingerprint density at radius 3 is 2.55 bits per heavy atom. The first-order valence-electron chi connectivity index (χ1n) is 6.42. The molecule has 1 aliphatic rings. The highest BCUT2D eigenvalue weighted by atomic mass is 35.5. The van der Waals surface area contributed by atoms with Crippen LogP contribution in [0.2, 0.25) is 5.02 Å². The van der Waals surface area contributed by atoms with Crippen LogP contribution in [0.5, 0.6) is 0 Å². The molecule has 0 aromatic heterocycles. The molecule has 4 heteroatoms. The number of hydrogen-bond donors (Lipinski definition) is 1. The Morgan fingerprint density at radius 2 is 1.80 bits per heavy atom. The van der Waals surface area contributed by atoms with Crippen LogP contribution in [-0.2, 0) is 0 Å². The molecule has 0 saturated carbocycles. The van der Waals surface area contributed by atoms with Gasteiger partial charge >= 0.3 is 0 Å². The minimum absolute atomic E-state index is 0.0551. The molecule has 0 radical (unpaired) electrons. The predicted molar refractivity (Wildman–Crippen MR) is 80.4 cm³/mol. The molecule has 3 nitrogen and oxygen atoms in total. The lowest BCUT2D eigenvalue weighted by Crippen LogP contribution is -2.21. The summed E-state index contributed by atoms with van der Waals surface area (Å²) in [5.41, 5.74) is 5.00. The predicted octanol–water partition coefficient (Wildman–Crippen LogP) is 3.27. The second-order valence-corrected chi connectivity index (χ2v) is 5.04. The number of Topliss-reactive ketones (excluding diaryl/α,β-unsaturated/α-hetero) is 1. The van der Waals surface area contributed by atoms with Gasteiger partial charge in [-0.05, 0) is 11.6 Å². The normalized spacial score (nSPS) is 17.4. The number of ketones is 1. The Hall–Kier alpha value is -2.13. The molecule has 0 unspecified atom stereocenters. The summed E-state index contributed by atoms with van der Waals surface area (Å²) in [7, 11) is 0. The summed E-state index contributed by atoms with van der Waals surface area (Å²) >= 11 is 6.23. The summed E-state index contributed by atoms with van der Waals surface area (Å²) in [5, 5.41) is 4.83. The van der Waals surface area contributed by atoms with Gasteiger partial charge in [0.25, 0.3) is 0 Å². The summed E-state index contributed by atoms with van der Waals surface area (Å²) in [6.07, 6.45) is 0. The van der Waals surface area contributed by atoms with Crippen molar-refractivity contribution in [1.29, 1.82) is 0 Å². The molecule has 1 atom stereocenters. The molecule has 100 valence electrons. The maximum absolute atomic E-state index is 12.5. The van der Waals surface area contributed by atoms with Crippen molar-refractivity contribution in [3.63, 3.8) is 0 Å². The van der Waals surface area contributed by atoms with Gasteiger partial charge in [-0.3, -0.25) is 4.79 Å². The van der Waals surface area contributed by atoms with Gasteiger partial charge in [-0.15, -0.1) is 0 Å². The van der Waals surface area contributed by atoms with Gasteiger partial charge in [0.15, 0.2) is 0 Å². The lowest BCUT2D eigenvalue weighted by atomic mass is 9.90. The van der Waals surface area contributed by atoms with Gasteiger partial charge in [0.1, 0.15) is 5.71 Å². The largest absolute Gasteiger partial charge is 0.309 e. The first-order valence-corrected chi connectivity index (χ1v) is 6.80. The number of nitrogens with zero attached hydrogens (tertiary/aromatic N) is 1. The van der Waals surface area contributed by atoms with Crippen molar-refractivity contribution in [3.05, 3.63) is 70.7 Å². The number of nitrogens with one attached hydrogen (secondary N) is 1. The van der Waals surface area contributed by atoms with Gasteiger partial charge in [0.05, 0.1) is 5.92 Å². The molecule has 2 aromatic rings. The molecular formula is C16H13ClN2O. The van der Waals surface area contributed by atoms with Gasteiger partial charge in [0.2, 0.25) is 5.78 Å². The van der Waals surface area contributed by atoms with E-state index in [1.54, 1.807) is 12.1 Å². The van der Waals surface area contributed by atoms with Crippen LogP contribution in [0.3, 0.4) is 0 Å². The highest BCUT2D eigenvalue weighted by Crippen LogP contribution is 2.28. The summed E-state index contributed by atoms with van der Waals surface area (Å²) in [4.78, 5) is 12.5. The second-order valence-electron chi connectivity index (χ2n) is 4.63. The zero-order valence-electron chi connectivity index (χ0n) is 10.7. The van der Waals surface area contributed by atoms with Crippen molar-refractivity contribution in [2.45, 2.75) is 5.92 Å². The summed E-state index contributed by atoms with van der Waals surface area (Å²) in [6, 6.07) is 16.7. The monoisotopic (exact) mass is 284 g/mol. The number of benzene rings is 2. The fourth-order valence-electron chi connectivity index (χ4n) is 2.36. The molecule has 0 amide bonds. The molecule has 0 fully saturated rings. The Morgan fingerprint density at radius 1 is 1.10 bits per heavy atom. The van der Waals surface area contributed by atoms with Crippen LogP contribution in [0.1, 0.15) is 21.8 Å². The van der Waals surface area contributed by atoms with Gasteiger partial charge in [0, 0.05) is 17.1 Å². The lowest BCUT2D eigenvalue weighted by Gasteiger charge is -2.13. The van der Waals surface area contributed by atoms with E-state index in [9.17, 15) is 4.79 Å². The average Bonchev–Trinajstić information content (AvgIpc) is 2.97. The Labute approximate surface area is 122 Å². The molecular weight excluding hydrogens is 272 g/mol. The van der Waals surface area contributed by atoms with Gasteiger partial charge in [-0.1, -0.05) is 60.1 Å². The molecule has 0 spiro atoms. The van der Waals surface area contributed by atoms with E-state index in [2.05, 4.69) is 10.5 Å². The summed E-state index contributed by atoms with van der Waals surface area (Å²) in [6.45, 7) is 0.595. The van der Waals surface area contributed by atoms with E-state index in [0.29, 0.717) is 22.8 Å². The molecule has 0 bridgehead atoms. The SMILES string of the molecule is O=C(C1=NNC[C@H]1c1ccccc1Cl)c1ccccc1. The number of carbonyl (C=O) groups excluding carboxylic acids is 1. The molecule has 3 rings (SSSR count). The van der Waals surface area contributed by atoms with Crippen LogP contribution in [-0.4, -0.2) is 18.0 Å². The number of carbonyl (C=O) groups is 1. The zero-order chi connectivity index (χ0) is 13.9. The van der Waals surface area contributed by atoms with E-state index >= 15 is 0 Å². The molecule has 1 aliphatic heterocycles. The van der Waals surface area contributed by atoms with Crippen molar-refractivity contribution >= 4 is 23.1 Å². The first-order chi connectivity index (χ1) is 9.77. The number of halogens is 1. The van der Waals surface area contributed by atoms with E-state index < -0.39 is 0 Å². The standard InChI is InChI=1S/C16H13ClN2O/c17-14-9-5-4-8-12(14)13-10-18-19-15(13)16(20)11-6-2-1-3-7-11/h1-9,13,18H,10H2/t13-/m0/s1. The number of rotatable bonds is 3. The molecule has 20 heavy (non-hydrogen) atoms. The molecule has 0 aliphatic carbocycles. The van der Waals surface area contributed by atoms with Gasteiger partial charge < -0.3 is 5.43 Å². The van der Waals surface area contributed by atoms with Crippen molar-refractivity contribution < 1.29 is 4.79 Å². The van der Waals surface area contributed by atoms with E-state index in [1.807, 2.05) is 42.5 Å². The van der Waals surface area contributed by atoms with Crippen molar-refractivity contribution in [1.82, 2.24) is 5.43 Å². The van der Waals surface area contributed by atoms with Crippen LogP contribution in [0.15, 0.2) is 59.7 Å². The zero-order valence-corrected chi connectivity index (χ0v) is 11.5. The second kappa shape index (κ2) is 5.47. The minimum Gasteiger partial charge on any atom is -0.309 e. The summed E-state index contributed by atoms with van der Waals surface area (Å²) in [5.74, 6) is -0.156. The van der Waals surface area contributed by atoms with Crippen molar-refractivity contribution in [2.75, 3.05) is 6.54 Å². The highest BCUT2D eigenvalue weighted by Gasteiger charge is 2.30. The third-order valence-electron chi connectivity index (χ3n) is 3.37. The lowest BCUT2D eigenvalue weighted by molar-refractivity contribution is 0.106. The van der Waals surface area contributed by atoms with Crippen molar-refractivity contribution in [2.24, 2.45) is 5.10 Å². The van der Waals surface area contributed by atoms with Crippen LogP contribution in [0, 0.1) is 0 Å². The minimum atomic E-state index is -0.101. The van der Waals surface area contributed by atoms with E-state index in [1.165, 1.54) is 0 Å². The Balaban J connectivity index is 1.94. The Bertz CT molecular complexity index is 667. The fraction of sp³-hybridized carbons (Fsp3) is 0.125. The smallest absolute Gasteiger partial charge is 0.209 e. The maximum atomic E-state index is 12.5. The van der Waals surface area contributed by atoms with E-state index in [0.717, 1.165) is 5.56 Å². The molecule has 2 aromatic carbocycles. The molecule has 1 heterocycles. The van der Waals surface area contributed by atoms with Gasteiger partial charge in [-0.25, -0.2) is 0 Å². The van der Waals surface area contributed by atoms with Crippen molar-refractivity contribution in [3.8, 4) is 0 Å². The van der Waals surface area contributed by atoms with Crippen LogP contribution in [0.25, 0.3) is 0 Å². The fourth-order valence-corrected chi connectivity index (χ4v) is 2.63. The molecule has 0 saturated heterocycles. The Kier molecular flexibility index (Phi) is 3.52. The summed E-state index contributed by atoms with van der Waals surface area (Å²) < 4.78 is 0. The molecule has 1 N–H and O–H groups in total. The number of hydrogen-bond acceptors (Lipinski definition) is 3. The number of hydrazone groups is 1. The van der Waals surface area contributed by atoms with Gasteiger partial charge in [-0.2, -0.15) is 5.10 Å². The third kappa shape index (κ3) is 2.32. The topological polar surface area (TPSA) is 41.5 Å². The third-order valence-corrected chi connectivity index (χ3v) is 3.72. The first kappa shape index (κ1) is 12.9. The van der Waals surface area contributed by atoms with Crippen LogP contribution in [0.4, 0.5) is 0 Å². The van der Waals surface area contributed by atoms with Crippen LogP contribution < -0.4 is 5.43 Å². The highest BCUT2D eigenvalue weighted by molar-refractivity contribution is 6.48. The average molecular weight is 285 g/mol. The van der Waals surface area contributed by atoms with E-state index in [-0.39, 0.29) is 11.7 Å². The van der Waals surface area contributed by atoms with Crippen LogP contribution >= 0.6 is 11.6 Å².